The molecule has 3 unspecified atom stereocenters. The third-order valence-electron chi connectivity index (χ3n) is 5.75. The van der Waals surface area contributed by atoms with Gasteiger partial charge in [0.05, 0.1) is 5.02 Å². The van der Waals surface area contributed by atoms with Crippen LogP contribution >= 0.6 is 23.2 Å². The molecule has 2 nitrogen and oxygen atoms in total. The van der Waals surface area contributed by atoms with Crippen LogP contribution in [0.3, 0.4) is 0 Å². The monoisotopic (exact) mass is 409 g/mol. The van der Waals surface area contributed by atoms with Crippen molar-refractivity contribution >= 4 is 23.2 Å². The zero-order valence-corrected chi connectivity index (χ0v) is 17.4. The molecule has 1 aliphatic heterocycles. The lowest BCUT2D eigenvalue weighted by Crippen LogP contribution is -2.31. The maximum absolute atomic E-state index is 14.9. The predicted molar refractivity (Wildman–Crippen MR) is 110 cm³/mol. The van der Waals surface area contributed by atoms with Crippen LogP contribution in [0, 0.1) is 24.6 Å². The molecular weight excluding hydrogens is 384 g/mol. The molecule has 146 valence electrons. The Morgan fingerprint density at radius 2 is 1.89 bits per heavy atom. The van der Waals surface area contributed by atoms with E-state index in [-0.39, 0.29) is 41.4 Å². The highest BCUT2D eigenvalue weighted by atomic mass is 35.5. The van der Waals surface area contributed by atoms with Crippen LogP contribution in [0.25, 0.3) is 0 Å². The summed E-state index contributed by atoms with van der Waals surface area (Å²) in [6.45, 7) is 6.51. The number of nitrogens with one attached hydrogen (secondary N) is 1. The van der Waals surface area contributed by atoms with Gasteiger partial charge in [-0.3, -0.25) is 0 Å². The minimum atomic E-state index is -0.375. The fourth-order valence-electron chi connectivity index (χ4n) is 4.66. The van der Waals surface area contributed by atoms with Gasteiger partial charge in [-0.15, -0.1) is 0 Å². The van der Waals surface area contributed by atoms with E-state index in [4.69, 9.17) is 23.2 Å². The Balaban J connectivity index is 2.15. The van der Waals surface area contributed by atoms with E-state index in [1.54, 1.807) is 18.2 Å². The molecule has 0 aromatic heterocycles. The van der Waals surface area contributed by atoms with Gasteiger partial charge in [0, 0.05) is 35.2 Å². The van der Waals surface area contributed by atoms with Crippen molar-refractivity contribution in [2.45, 2.75) is 45.2 Å². The average Bonchev–Trinajstić information content (AvgIpc) is 2.97. The van der Waals surface area contributed by atoms with Gasteiger partial charge in [-0.2, -0.15) is 0 Å². The first-order valence-electron chi connectivity index (χ1n) is 9.42. The van der Waals surface area contributed by atoms with Crippen LogP contribution in [0.4, 0.5) is 4.39 Å². The number of aliphatic hydroxyl groups excluding tert-OH is 1. The summed E-state index contributed by atoms with van der Waals surface area (Å²) in [4.78, 5) is 0. The van der Waals surface area contributed by atoms with Gasteiger partial charge in [0.2, 0.25) is 0 Å². The quantitative estimate of drug-likeness (QED) is 0.644. The summed E-state index contributed by atoms with van der Waals surface area (Å²) >= 11 is 12.2. The zero-order valence-electron chi connectivity index (χ0n) is 15.8. The molecule has 0 saturated carbocycles. The maximum Gasteiger partial charge on any atom is 0.146 e. The van der Waals surface area contributed by atoms with Crippen molar-refractivity contribution in [1.82, 2.24) is 5.32 Å². The molecule has 1 aliphatic rings. The number of rotatable bonds is 5. The summed E-state index contributed by atoms with van der Waals surface area (Å²) in [5.41, 5.74) is 2.83. The Kier molecular flexibility index (Phi) is 6.47. The van der Waals surface area contributed by atoms with Gasteiger partial charge in [-0.25, -0.2) is 4.39 Å². The van der Waals surface area contributed by atoms with Crippen molar-refractivity contribution in [3.05, 3.63) is 69.0 Å². The van der Waals surface area contributed by atoms with Crippen LogP contribution in [-0.4, -0.2) is 17.8 Å². The first-order chi connectivity index (χ1) is 12.8. The molecule has 27 heavy (non-hydrogen) atoms. The summed E-state index contributed by atoms with van der Waals surface area (Å²) in [6.07, 6.45) is 0.630. The second-order valence-corrected chi connectivity index (χ2v) is 8.60. The van der Waals surface area contributed by atoms with Crippen molar-refractivity contribution in [2.24, 2.45) is 11.8 Å². The molecule has 0 aliphatic carbocycles. The number of halogens is 3. The molecule has 0 radical (unpaired) electrons. The molecule has 1 fully saturated rings. The summed E-state index contributed by atoms with van der Waals surface area (Å²) in [5.74, 6) is 0.300. The maximum atomic E-state index is 14.9. The first-order valence-corrected chi connectivity index (χ1v) is 10.2. The van der Waals surface area contributed by atoms with E-state index in [9.17, 15) is 9.50 Å². The highest BCUT2D eigenvalue weighted by molar-refractivity contribution is 6.31. The van der Waals surface area contributed by atoms with Crippen LogP contribution in [0.1, 0.15) is 48.9 Å². The van der Waals surface area contributed by atoms with Crippen LogP contribution in [-0.2, 0) is 0 Å². The second kappa shape index (κ2) is 8.48. The fraction of sp³-hybridized carbons (Fsp3) is 0.455. The molecule has 0 bridgehead atoms. The normalized spacial score (nSPS) is 25.3. The predicted octanol–water partition coefficient (Wildman–Crippen LogP) is 5.89. The average molecular weight is 410 g/mol. The first kappa shape index (κ1) is 20.6. The van der Waals surface area contributed by atoms with Gasteiger partial charge in [-0.05, 0) is 54.5 Å². The molecule has 0 amide bonds. The minimum Gasteiger partial charge on any atom is -0.396 e. The largest absolute Gasteiger partial charge is 0.396 e. The van der Waals surface area contributed by atoms with Gasteiger partial charge in [-0.1, -0.05) is 55.2 Å². The second-order valence-electron chi connectivity index (χ2n) is 7.75. The third-order valence-corrected chi connectivity index (χ3v) is 6.28. The lowest BCUT2D eigenvalue weighted by molar-refractivity contribution is 0.231. The van der Waals surface area contributed by atoms with E-state index in [0.29, 0.717) is 22.9 Å². The highest BCUT2D eigenvalue weighted by Gasteiger charge is 2.46. The van der Waals surface area contributed by atoms with Gasteiger partial charge >= 0.3 is 0 Å². The molecule has 0 spiro atoms. The van der Waals surface area contributed by atoms with Crippen LogP contribution in [0.5, 0.6) is 0 Å². The van der Waals surface area contributed by atoms with E-state index in [0.717, 1.165) is 11.1 Å². The van der Waals surface area contributed by atoms with E-state index >= 15 is 0 Å². The molecule has 2 aromatic carbocycles. The SMILES string of the molecule is Cc1cc(Cl)ccc1C1C(c2cccc(Cl)c2F)N[C@@H](CCO)C1C(C)C. The number of hydrogen-bond acceptors (Lipinski definition) is 2. The smallest absolute Gasteiger partial charge is 0.146 e. The van der Waals surface area contributed by atoms with Crippen molar-refractivity contribution in [1.29, 1.82) is 0 Å². The molecule has 2 aromatic rings. The Bertz CT molecular complexity index is 811. The van der Waals surface area contributed by atoms with E-state index in [1.165, 1.54) is 0 Å². The summed E-state index contributed by atoms with van der Waals surface area (Å²) in [6, 6.07) is 10.9. The summed E-state index contributed by atoms with van der Waals surface area (Å²) < 4.78 is 14.9. The molecule has 3 rings (SSSR count). The Morgan fingerprint density at radius 1 is 1.15 bits per heavy atom. The number of aryl methyl sites for hydroxylation is 1. The number of hydrogen-bond donors (Lipinski definition) is 2. The third kappa shape index (κ3) is 4.02. The van der Waals surface area contributed by atoms with Gasteiger partial charge in [0.1, 0.15) is 5.82 Å². The summed E-state index contributed by atoms with van der Waals surface area (Å²) in [5, 5.41) is 14.0. The van der Waals surface area contributed by atoms with Crippen LogP contribution in [0.15, 0.2) is 36.4 Å². The lowest BCUT2D eigenvalue weighted by Gasteiger charge is -2.30. The van der Waals surface area contributed by atoms with Crippen molar-refractivity contribution in [2.75, 3.05) is 6.61 Å². The van der Waals surface area contributed by atoms with E-state index in [2.05, 4.69) is 25.2 Å². The Labute approximate surface area is 170 Å². The molecular formula is C22H26Cl2FNO. The topological polar surface area (TPSA) is 32.3 Å². The van der Waals surface area contributed by atoms with Gasteiger partial charge in [0.15, 0.2) is 0 Å². The zero-order chi connectivity index (χ0) is 19.7. The Hall–Kier alpha value is -1.13. The van der Waals surface area contributed by atoms with Gasteiger partial charge < -0.3 is 10.4 Å². The number of aliphatic hydroxyl groups is 1. The standard InChI is InChI=1S/C22H26Cl2FNO/c1-12(2)19-18(9-10-27)26-22(16-5-4-6-17(24)21(16)25)20(19)15-8-7-14(23)11-13(15)3/h4-8,11-12,18-20,22,26-27H,9-10H2,1-3H3/t18-,19?,20?,22?/m0/s1. The molecule has 4 atom stereocenters. The number of benzene rings is 2. The van der Waals surface area contributed by atoms with Crippen molar-refractivity contribution < 1.29 is 9.50 Å². The Morgan fingerprint density at radius 3 is 2.52 bits per heavy atom. The van der Waals surface area contributed by atoms with Crippen LogP contribution in [0.2, 0.25) is 10.0 Å². The van der Waals surface area contributed by atoms with Crippen molar-refractivity contribution in [3.63, 3.8) is 0 Å². The lowest BCUT2D eigenvalue weighted by atomic mass is 9.73. The minimum absolute atomic E-state index is 0.0618. The molecule has 1 heterocycles. The molecule has 1 saturated heterocycles. The fourth-order valence-corrected chi connectivity index (χ4v) is 5.06. The highest BCUT2D eigenvalue weighted by Crippen LogP contribution is 2.50. The van der Waals surface area contributed by atoms with Gasteiger partial charge in [0.25, 0.3) is 0 Å². The molecule has 2 N–H and O–H groups in total. The van der Waals surface area contributed by atoms with E-state index < -0.39 is 0 Å². The van der Waals surface area contributed by atoms with Crippen LogP contribution < -0.4 is 5.32 Å². The van der Waals surface area contributed by atoms with Crippen molar-refractivity contribution in [3.8, 4) is 0 Å². The summed E-state index contributed by atoms with van der Waals surface area (Å²) in [7, 11) is 0. The van der Waals surface area contributed by atoms with E-state index in [1.807, 2.05) is 19.1 Å². The molecule has 5 heteroatoms.